The summed E-state index contributed by atoms with van der Waals surface area (Å²) in [5, 5.41) is 9.00. The molecule has 0 bridgehead atoms. The van der Waals surface area contributed by atoms with Crippen LogP contribution in [0.3, 0.4) is 0 Å². The van der Waals surface area contributed by atoms with Crippen molar-refractivity contribution in [3.05, 3.63) is 181 Å². The smallest absolute Gasteiger partial charge is 0.407 e. The first-order chi connectivity index (χ1) is 52.3. The van der Waals surface area contributed by atoms with E-state index in [4.69, 9.17) is 28.4 Å². The summed E-state index contributed by atoms with van der Waals surface area (Å²) in [6.07, 6.45) is 27.2. The summed E-state index contributed by atoms with van der Waals surface area (Å²) in [7, 11) is 0. The van der Waals surface area contributed by atoms with E-state index in [1.165, 1.54) is 36.4 Å². The topological polar surface area (TPSA) is 233 Å². The highest BCUT2D eigenvalue weighted by Crippen LogP contribution is 2.57. The Hall–Kier alpha value is -9.66. The monoisotopic (exact) mass is 1480 g/mol. The number of carbonyl (C=O) groups is 6. The third kappa shape index (κ3) is 17.9. The highest BCUT2D eigenvalue weighted by atomic mass is 19.1. The van der Waals surface area contributed by atoms with E-state index < -0.39 is 0 Å². The van der Waals surface area contributed by atoms with Crippen LogP contribution in [-0.2, 0) is 42.8 Å². The van der Waals surface area contributed by atoms with Crippen LogP contribution < -0.4 is 16.0 Å². The standard InChI is InChI=1S/3C29H33FN2O4/c3*1-3-35-29(34)32-23-10-11-24-20(14-23)15-26-27(17(2)36-28(26)33)25(24)12-9-22-8-7-19(16-31-22)18-5-4-6-21(30)13-18/h3*4-9,12-13,16-17,20,23-27H,3,10-11,14-15H2,1-2H3,(H,32,34)/b3*12-9+/t17-,20-,23-,24+,25+,26-,27+;17-,20-,23-,24+,25-,26+,27-;17-,20-,23-,24-,25+,26-,27-/m100/s1. The summed E-state index contributed by atoms with van der Waals surface area (Å²) < 4.78 is 73.0. The van der Waals surface area contributed by atoms with Gasteiger partial charge in [0.15, 0.2) is 0 Å². The molecule has 0 unspecified atom stereocenters. The van der Waals surface area contributed by atoms with E-state index in [9.17, 15) is 41.9 Å². The summed E-state index contributed by atoms with van der Waals surface area (Å²) in [5.41, 5.74) is 7.43. The number of hydrogen-bond donors (Lipinski definition) is 3. The van der Waals surface area contributed by atoms with Crippen molar-refractivity contribution in [3.8, 4) is 33.4 Å². The second kappa shape index (κ2) is 34.7. The molecule has 108 heavy (non-hydrogen) atoms. The number of halogens is 3. The van der Waals surface area contributed by atoms with Gasteiger partial charge in [-0.3, -0.25) is 29.3 Å². The van der Waals surface area contributed by atoms with Crippen LogP contribution in [0.2, 0.25) is 0 Å². The molecule has 570 valence electrons. The van der Waals surface area contributed by atoms with Crippen LogP contribution in [0.25, 0.3) is 51.6 Å². The Kier molecular flexibility index (Phi) is 24.6. The molecule has 9 aliphatic rings. The molecule has 6 aliphatic carbocycles. The highest BCUT2D eigenvalue weighted by Gasteiger charge is 2.58. The second-order valence-electron chi connectivity index (χ2n) is 30.8. The third-order valence-electron chi connectivity index (χ3n) is 24.5. The van der Waals surface area contributed by atoms with Crippen LogP contribution in [0.15, 0.2) is 146 Å². The lowest BCUT2D eigenvalue weighted by Crippen LogP contribution is -2.48. The number of amides is 3. The molecule has 21 heteroatoms. The number of hydrogen-bond acceptors (Lipinski definition) is 15. The molecule has 0 radical (unpaired) electrons. The first-order valence-corrected chi connectivity index (χ1v) is 38.9. The predicted octanol–water partition coefficient (Wildman–Crippen LogP) is 16.9. The predicted molar refractivity (Wildman–Crippen MR) is 402 cm³/mol. The van der Waals surface area contributed by atoms with E-state index in [0.717, 1.165) is 128 Å². The molecule has 0 spiro atoms. The van der Waals surface area contributed by atoms with Gasteiger partial charge in [-0.05, 0) is 261 Å². The van der Waals surface area contributed by atoms with Gasteiger partial charge < -0.3 is 44.4 Å². The zero-order valence-corrected chi connectivity index (χ0v) is 62.2. The molecule has 6 aromatic rings. The van der Waals surface area contributed by atoms with Gasteiger partial charge >= 0.3 is 36.2 Å². The second-order valence-corrected chi connectivity index (χ2v) is 30.8. The Bertz CT molecular complexity index is 3830. The zero-order chi connectivity index (χ0) is 75.7. The molecule has 21 atom stereocenters. The number of aromatic nitrogens is 3. The van der Waals surface area contributed by atoms with E-state index in [2.05, 4.69) is 49.1 Å². The molecule has 3 aromatic carbocycles. The molecular formula is C87H99F3N6O12. The van der Waals surface area contributed by atoms with E-state index in [0.29, 0.717) is 55.3 Å². The van der Waals surface area contributed by atoms with E-state index in [1.54, 1.807) is 57.6 Å². The van der Waals surface area contributed by atoms with Crippen LogP contribution in [0, 0.1) is 106 Å². The summed E-state index contributed by atoms with van der Waals surface area (Å²) in [4.78, 5) is 87.7. The maximum absolute atomic E-state index is 13.6. The summed E-state index contributed by atoms with van der Waals surface area (Å²) in [6, 6.07) is 31.3. The van der Waals surface area contributed by atoms with E-state index in [-0.39, 0.29) is 143 Å². The Morgan fingerprint density at radius 3 is 0.944 bits per heavy atom. The molecule has 3 amide bonds. The van der Waals surface area contributed by atoms with Gasteiger partial charge in [0.1, 0.15) is 35.8 Å². The molecule has 3 N–H and O–H groups in total. The Labute approximate surface area is 630 Å². The maximum Gasteiger partial charge on any atom is 0.407 e. The fraction of sp³-hybridized carbons (Fsp3) is 0.483. The van der Waals surface area contributed by atoms with Gasteiger partial charge in [0.25, 0.3) is 0 Å². The van der Waals surface area contributed by atoms with Gasteiger partial charge in [0.2, 0.25) is 0 Å². The lowest BCUT2D eigenvalue weighted by Gasteiger charge is -2.47. The molecule has 18 nitrogen and oxygen atoms in total. The minimum Gasteiger partial charge on any atom is -0.462 e. The van der Waals surface area contributed by atoms with Crippen LogP contribution in [-0.4, -0.2) is 107 Å². The Morgan fingerprint density at radius 2 is 0.694 bits per heavy atom. The minimum absolute atomic E-state index is 0.0679. The minimum atomic E-state index is -0.368. The molecular weight excluding hydrogens is 1380 g/mol. The summed E-state index contributed by atoms with van der Waals surface area (Å²) >= 11 is 0. The van der Waals surface area contributed by atoms with Crippen molar-refractivity contribution in [1.82, 2.24) is 30.9 Å². The largest absolute Gasteiger partial charge is 0.462 e. The number of carbonyl (C=O) groups excluding carboxylic acids is 6. The first kappa shape index (κ1) is 76.5. The number of benzene rings is 3. The Balaban J connectivity index is 0.000000143. The van der Waals surface area contributed by atoms with Crippen molar-refractivity contribution in [3.63, 3.8) is 0 Å². The number of nitrogens with one attached hydrogen (secondary N) is 3. The number of fused-ring (bicyclic) bond motifs is 6. The van der Waals surface area contributed by atoms with E-state index in [1.807, 2.05) is 93.6 Å². The van der Waals surface area contributed by atoms with Crippen molar-refractivity contribution in [2.75, 3.05) is 19.8 Å². The van der Waals surface area contributed by atoms with E-state index >= 15 is 0 Å². The van der Waals surface area contributed by atoms with Crippen LogP contribution >= 0.6 is 0 Å². The number of pyridine rings is 3. The molecule has 3 saturated heterocycles. The SMILES string of the molecule is CCOC(=O)N[C@@H]1CC[C@H]2[C@H](C1)C[C@H]1C(=O)O[C@H](C)[C@H]1[C@H]2/C=C/c1ccc(-c2cccc(F)c2)cn1.CCOC(=O)N[C@H]1CC[C@@H]2[C@@H](C1)C[C@H]1C(=O)O[C@@H](C)[C@H]1[C@H]2/C=C/c1ccc(-c2cccc(F)c2)cn1.CCOC(=O)N[C@H]1CC[C@H]2[C@@H](C1)C[C@@H]1C(=O)O[C@@H](C)[C@H]1[C@@H]2/C=C/c1ccc(-c2cccc(F)c2)cn1. The number of allylic oxidation sites excluding steroid dienone is 3. The van der Waals surface area contributed by atoms with Crippen molar-refractivity contribution in [2.24, 2.45) is 88.8 Å². The van der Waals surface area contributed by atoms with Gasteiger partial charge in [0, 0.05) is 71.2 Å². The van der Waals surface area contributed by atoms with Crippen molar-refractivity contribution < 1.29 is 70.4 Å². The molecule has 9 fully saturated rings. The van der Waals surface area contributed by atoms with Crippen molar-refractivity contribution >= 4 is 54.4 Å². The van der Waals surface area contributed by atoms with Gasteiger partial charge in [0.05, 0.1) is 54.7 Å². The van der Waals surface area contributed by atoms with Gasteiger partial charge in [-0.2, -0.15) is 0 Å². The fourth-order valence-electron chi connectivity index (χ4n) is 19.9. The molecule has 3 aromatic heterocycles. The van der Waals surface area contributed by atoms with Crippen molar-refractivity contribution in [1.29, 1.82) is 0 Å². The van der Waals surface area contributed by atoms with Gasteiger partial charge in [-0.25, -0.2) is 27.6 Å². The lowest BCUT2D eigenvalue weighted by molar-refractivity contribution is -0.145. The van der Waals surface area contributed by atoms with Gasteiger partial charge in [-0.15, -0.1) is 0 Å². The normalized spacial score (nSPS) is 31.4. The number of cyclic esters (lactones) is 3. The highest BCUT2D eigenvalue weighted by molar-refractivity contribution is 5.78. The van der Waals surface area contributed by atoms with Crippen LogP contribution in [0.1, 0.15) is 136 Å². The number of alkyl carbamates (subject to hydrolysis) is 3. The number of esters is 3. The number of ether oxygens (including phenoxy) is 6. The molecule has 15 rings (SSSR count). The maximum atomic E-state index is 13.6. The average molecular weight is 1480 g/mol. The first-order valence-electron chi connectivity index (χ1n) is 38.9. The molecule has 3 aliphatic heterocycles. The summed E-state index contributed by atoms with van der Waals surface area (Å²) in [5.74, 6) is 1.89. The fourth-order valence-corrected chi connectivity index (χ4v) is 19.9. The van der Waals surface area contributed by atoms with Crippen molar-refractivity contribution in [2.45, 2.75) is 155 Å². The number of nitrogens with zero attached hydrogens (tertiary/aromatic N) is 3. The third-order valence-corrected chi connectivity index (χ3v) is 24.5. The van der Waals surface area contributed by atoms with Crippen LogP contribution in [0.4, 0.5) is 27.6 Å². The Morgan fingerprint density at radius 1 is 0.407 bits per heavy atom. The number of rotatable bonds is 15. The average Bonchev–Trinajstić information content (AvgIpc) is 1.54. The van der Waals surface area contributed by atoms with Crippen LogP contribution in [0.5, 0.6) is 0 Å². The quantitative estimate of drug-likeness (QED) is 0.0641. The molecule has 6 saturated carbocycles. The van der Waals surface area contributed by atoms with Gasteiger partial charge in [-0.1, -0.05) is 72.8 Å². The zero-order valence-electron chi connectivity index (χ0n) is 62.2. The summed E-state index contributed by atoms with van der Waals surface area (Å²) in [6.45, 7) is 12.5. The molecule has 6 heterocycles. The lowest BCUT2D eigenvalue weighted by atomic mass is 9.57.